The van der Waals surface area contributed by atoms with Crippen LogP contribution in [-0.4, -0.2) is 225 Å². The fraction of sp³-hybridized carbons (Fsp3) is 0.574. The first kappa shape index (κ1) is 62.9. The van der Waals surface area contributed by atoms with Gasteiger partial charge in [0.2, 0.25) is 12.2 Å². The first-order chi connectivity index (χ1) is 40.3. The Bertz CT molecular complexity index is 3000. The van der Waals surface area contributed by atoms with Crippen molar-refractivity contribution in [1.29, 1.82) is 0 Å². The SMILES string of the molecule is C[C@@H]1CN(C(=O)OC(C)(C)C)CCN1CCOc1cc(N2C3CC[C@H]2CN(c2cc(-c4ccccc4OS(=O)(=O)Oc4cc(C(=O)NCCOCCOCCOCCN=[N+]=[N-])ccc4O[C@@H]4O[C@H](CO)[C@H](O)[C@H](O)[C@H]4O)nnc2N)C3)ccn1. The number of aliphatic hydroxyl groups excluding tert-OH is 4. The van der Waals surface area contributed by atoms with Gasteiger partial charge in [-0.2, -0.15) is 0 Å². The van der Waals surface area contributed by atoms with E-state index in [1.54, 1.807) is 29.3 Å². The van der Waals surface area contributed by atoms with Crippen LogP contribution < -0.4 is 38.7 Å². The fourth-order valence-corrected chi connectivity index (χ4v) is 10.9. The van der Waals surface area contributed by atoms with Gasteiger partial charge in [0.1, 0.15) is 36.6 Å². The average molecular weight is 1200 g/mol. The van der Waals surface area contributed by atoms with Gasteiger partial charge in [-0.25, -0.2) is 9.78 Å². The van der Waals surface area contributed by atoms with Crippen LogP contribution in [0.1, 0.15) is 50.9 Å². The number of rotatable bonds is 27. The molecule has 4 saturated heterocycles. The van der Waals surface area contributed by atoms with Gasteiger partial charge in [-0.15, -0.1) is 18.6 Å². The maximum absolute atomic E-state index is 14.0. The number of pyridine rings is 1. The molecule has 29 nitrogen and oxygen atoms in total. The maximum Gasteiger partial charge on any atom is 0.501 e. The summed E-state index contributed by atoms with van der Waals surface area (Å²) >= 11 is 0. The Balaban J connectivity index is 0.902. The smallest absolute Gasteiger partial charge is 0.476 e. The first-order valence-electron chi connectivity index (χ1n) is 27.7. The highest BCUT2D eigenvalue weighted by Crippen LogP contribution is 2.41. The quantitative estimate of drug-likeness (QED) is 0.0216. The molecule has 2 aromatic carbocycles. The van der Waals surface area contributed by atoms with Crippen molar-refractivity contribution in [2.24, 2.45) is 5.11 Å². The lowest BCUT2D eigenvalue weighted by atomic mass is 9.99. The van der Waals surface area contributed by atoms with Gasteiger partial charge < -0.3 is 87.7 Å². The van der Waals surface area contributed by atoms with E-state index in [0.29, 0.717) is 70.7 Å². The van der Waals surface area contributed by atoms with Gasteiger partial charge in [0.15, 0.2) is 23.1 Å². The lowest BCUT2D eigenvalue weighted by Gasteiger charge is -2.43. The molecule has 0 radical (unpaired) electrons. The third-order valence-corrected chi connectivity index (χ3v) is 15.0. The topological polar surface area (TPSA) is 371 Å². The van der Waals surface area contributed by atoms with E-state index in [2.05, 4.69) is 52.1 Å². The average Bonchev–Trinajstić information content (AvgIpc) is 3.45. The largest absolute Gasteiger partial charge is 0.501 e. The summed E-state index contributed by atoms with van der Waals surface area (Å²) in [5.41, 5.74) is 16.2. The zero-order chi connectivity index (χ0) is 60.0. The van der Waals surface area contributed by atoms with Crippen LogP contribution in [0.25, 0.3) is 21.7 Å². The van der Waals surface area contributed by atoms with Gasteiger partial charge in [0.05, 0.1) is 57.6 Å². The first-order valence-corrected chi connectivity index (χ1v) is 29.0. The molecule has 4 aliphatic heterocycles. The summed E-state index contributed by atoms with van der Waals surface area (Å²) in [7, 11) is -5.14. The van der Waals surface area contributed by atoms with E-state index in [-0.39, 0.29) is 92.1 Å². The van der Waals surface area contributed by atoms with Gasteiger partial charge in [-0.1, -0.05) is 17.2 Å². The number of piperazine rings is 2. The summed E-state index contributed by atoms with van der Waals surface area (Å²) in [6.45, 7) is 12.6. The second kappa shape index (κ2) is 29.1. The number of aliphatic hydroxyl groups is 4. The van der Waals surface area contributed by atoms with Crippen LogP contribution >= 0.6 is 0 Å². The molecule has 30 heteroatoms. The number of nitrogens with zero attached hydrogens (tertiary/aromatic N) is 10. The highest BCUT2D eigenvalue weighted by molar-refractivity contribution is 7.82. The van der Waals surface area contributed by atoms with Crippen molar-refractivity contribution >= 4 is 39.6 Å². The number of nitrogens with two attached hydrogens (primary N) is 1. The minimum Gasteiger partial charge on any atom is -0.476 e. The number of aromatic nitrogens is 3. The highest BCUT2D eigenvalue weighted by atomic mass is 32.3. The molecule has 6 heterocycles. The number of carbonyl (C=O) groups excluding carboxylic acids is 2. The van der Waals surface area contributed by atoms with Crippen molar-refractivity contribution in [2.45, 2.75) is 95.0 Å². The van der Waals surface area contributed by atoms with Gasteiger partial charge >= 0.3 is 16.5 Å². The van der Waals surface area contributed by atoms with E-state index < -0.39 is 70.7 Å². The number of hydrogen-bond donors (Lipinski definition) is 6. The van der Waals surface area contributed by atoms with Crippen molar-refractivity contribution in [3.05, 3.63) is 82.9 Å². The third-order valence-electron chi connectivity index (χ3n) is 14.2. The molecule has 4 aliphatic rings. The second-order valence-corrected chi connectivity index (χ2v) is 22.5. The fourth-order valence-electron chi connectivity index (χ4n) is 10.1. The minimum atomic E-state index is -5.14. The van der Waals surface area contributed by atoms with Crippen LogP contribution in [0.3, 0.4) is 0 Å². The number of hydrogen-bond acceptors (Lipinski definition) is 25. The summed E-state index contributed by atoms with van der Waals surface area (Å²) in [6.07, 6.45) is -5.33. The van der Waals surface area contributed by atoms with E-state index in [4.69, 9.17) is 52.8 Å². The number of nitrogen functional groups attached to an aromatic ring is 1. The van der Waals surface area contributed by atoms with Gasteiger partial charge in [0.25, 0.3) is 5.91 Å². The summed E-state index contributed by atoms with van der Waals surface area (Å²) < 4.78 is 78.4. The molecule has 8 atom stereocenters. The molecular weight excluding hydrogens is 1120 g/mol. The van der Waals surface area contributed by atoms with Crippen molar-refractivity contribution in [3.63, 3.8) is 0 Å². The Morgan fingerprint density at radius 2 is 1.57 bits per heavy atom. The molecule has 8 rings (SSSR count). The van der Waals surface area contributed by atoms with Crippen molar-refractivity contribution in [2.75, 3.05) is 121 Å². The van der Waals surface area contributed by atoms with E-state index in [1.807, 2.05) is 32.9 Å². The summed E-state index contributed by atoms with van der Waals surface area (Å²) in [5.74, 6) is -1.23. The number of para-hydroxylation sites is 1. The normalized spacial score (nSPS) is 22.7. The lowest BCUT2D eigenvalue weighted by Crippen LogP contribution is -2.60. The number of nitrogens with one attached hydrogen (secondary N) is 1. The predicted molar refractivity (Wildman–Crippen MR) is 302 cm³/mol. The molecule has 458 valence electrons. The lowest BCUT2D eigenvalue weighted by molar-refractivity contribution is -0.277. The Labute approximate surface area is 486 Å². The van der Waals surface area contributed by atoms with Crippen molar-refractivity contribution < 1.29 is 80.0 Å². The molecule has 2 bridgehead atoms. The van der Waals surface area contributed by atoms with Crippen LogP contribution in [0.5, 0.6) is 23.1 Å². The van der Waals surface area contributed by atoms with Gasteiger partial charge in [-0.3, -0.25) is 9.69 Å². The maximum atomic E-state index is 14.0. The molecule has 4 fully saturated rings. The molecule has 0 spiro atoms. The van der Waals surface area contributed by atoms with Crippen LogP contribution in [0.2, 0.25) is 0 Å². The molecule has 0 aliphatic carbocycles. The third kappa shape index (κ3) is 16.8. The molecule has 4 aromatic rings. The zero-order valence-electron chi connectivity index (χ0n) is 47.3. The number of azide groups is 1. The van der Waals surface area contributed by atoms with E-state index in [1.165, 1.54) is 18.2 Å². The molecule has 2 aromatic heterocycles. The van der Waals surface area contributed by atoms with Crippen LogP contribution in [0.15, 0.2) is 72.0 Å². The summed E-state index contributed by atoms with van der Waals surface area (Å²) in [6, 6.07) is 15.5. The number of benzene rings is 2. The number of carbonyl (C=O) groups is 2. The van der Waals surface area contributed by atoms with E-state index in [9.17, 15) is 38.4 Å². The van der Waals surface area contributed by atoms with Gasteiger partial charge in [0, 0.05) is 104 Å². The predicted octanol–water partition coefficient (Wildman–Crippen LogP) is 2.27. The number of amides is 2. The second-order valence-electron chi connectivity index (χ2n) is 21.3. The standard InChI is InChI=1S/C54H74N12O17S/c1-34-30-64(53(72)81-54(2,3)4)18-17-63(34)19-22-78-46-28-36(13-14-57-46)66-37-10-11-38(66)32-65(31-37)41-29-40(60-61-50(41)55)39-7-5-6-8-42(39)82-84(73,74)83-44-27-35(9-12-43(44)79-52-49(70)48(69)47(68)45(33-67)80-52)51(71)58-15-20-75-23-25-77-26-24-76-21-16-59-62-56/h5-9,12-14,27-29,34,37-38,45,47-49,52,67-70H,10-11,15-26,30-33H2,1-4H3,(H2,55,61)(H,58,71)/t34-,37+,38?,45-,47+,48+,49-,52-/m1/s1. The highest BCUT2D eigenvalue weighted by Gasteiger charge is 2.46. The minimum absolute atomic E-state index is 0.0382. The Hall–Kier alpha value is -7.09. The van der Waals surface area contributed by atoms with Crippen LogP contribution in [0, 0.1) is 0 Å². The molecular formula is C54H74N12O17S. The Kier molecular flexibility index (Phi) is 21.8. The zero-order valence-corrected chi connectivity index (χ0v) is 48.1. The van der Waals surface area contributed by atoms with E-state index >= 15 is 0 Å². The number of anilines is 3. The monoisotopic (exact) mass is 1190 g/mol. The Morgan fingerprint density at radius 3 is 2.29 bits per heavy atom. The molecule has 0 saturated carbocycles. The summed E-state index contributed by atoms with van der Waals surface area (Å²) in [4.78, 5) is 41.8. The van der Waals surface area contributed by atoms with Crippen LogP contribution in [-0.2, 0) is 34.1 Å². The molecule has 7 N–H and O–H groups in total. The molecule has 1 unspecified atom stereocenters. The molecule has 2 amide bonds. The number of fused-ring (bicyclic) bond motifs is 2. The Morgan fingerprint density at radius 1 is 0.857 bits per heavy atom. The van der Waals surface area contributed by atoms with E-state index in [0.717, 1.165) is 30.7 Å². The molecule has 84 heavy (non-hydrogen) atoms. The van der Waals surface area contributed by atoms with Crippen molar-refractivity contribution in [1.82, 2.24) is 30.3 Å². The van der Waals surface area contributed by atoms with Crippen LogP contribution in [0.4, 0.5) is 22.0 Å². The van der Waals surface area contributed by atoms with Crippen molar-refractivity contribution in [3.8, 4) is 34.4 Å². The van der Waals surface area contributed by atoms with Gasteiger partial charge in [-0.05, 0) is 88.5 Å². The summed E-state index contributed by atoms with van der Waals surface area (Å²) in [5, 5.41) is 56.0. The number of ether oxygens (including phenoxy) is 7.